The highest BCUT2D eigenvalue weighted by molar-refractivity contribution is 5.78. The van der Waals surface area contributed by atoms with Crippen molar-refractivity contribution in [2.24, 2.45) is 0 Å². The normalized spacial score (nSPS) is 17.8. The van der Waals surface area contributed by atoms with Crippen LogP contribution in [0.5, 0.6) is 0 Å². The van der Waals surface area contributed by atoms with Crippen molar-refractivity contribution in [2.45, 2.75) is 19.9 Å². The summed E-state index contributed by atoms with van der Waals surface area (Å²) >= 11 is 0. The van der Waals surface area contributed by atoms with Crippen LogP contribution in [0.1, 0.15) is 18.6 Å². The van der Waals surface area contributed by atoms with Gasteiger partial charge in [-0.3, -0.25) is 9.69 Å². The minimum Gasteiger partial charge on any atom is -0.354 e. The van der Waals surface area contributed by atoms with Gasteiger partial charge >= 0.3 is 0 Å². The molecule has 1 fully saturated rings. The lowest BCUT2D eigenvalue weighted by molar-refractivity contribution is -0.124. The molecule has 2 rings (SSSR count). The molecule has 1 aliphatic rings. The fourth-order valence-electron chi connectivity index (χ4n) is 1.52. The van der Waals surface area contributed by atoms with E-state index in [1.54, 1.807) is 0 Å². The maximum atomic E-state index is 11.1. The molecule has 0 aliphatic carbocycles. The Kier molecular flexibility index (Phi) is 2.96. The maximum Gasteiger partial charge on any atom is 0.240 e. The third-order valence-corrected chi connectivity index (χ3v) is 2.30. The largest absolute Gasteiger partial charge is 0.354 e. The van der Waals surface area contributed by atoms with Gasteiger partial charge in [0.05, 0.1) is 13.1 Å². The van der Waals surface area contributed by atoms with Crippen LogP contribution in [0, 0.1) is 0 Å². The fourth-order valence-corrected chi connectivity index (χ4v) is 1.52. The van der Waals surface area contributed by atoms with E-state index < -0.39 is 0 Å². The molecule has 15 heavy (non-hydrogen) atoms. The smallest absolute Gasteiger partial charge is 0.240 e. The van der Waals surface area contributed by atoms with Crippen molar-refractivity contribution in [3.63, 3.8) is 0 Å². The number of carbonyl (C=O) groups is 1. The molecule has 1 saturated heterocycles. The van der Waals surface area contributed by atoms with E-state index in [0.717, 1.165) is 13.0 Å². The maximum absolute atomic E-state index is 11.1. The first-order valence-electron chi connectivity index (χ1n) is 5.08. The molecular formula is C9H14N4O2. The second-order valence-electron chi connectivity index (χ2n) is 3.52. The van der Waals surface area contributed by atoms with Gasteiger partial charge in [-0.15, -0.1) is 0 Å². The third kappa shape index (κ3) is 2.53. The Morgan fingerprint density at radius 2 is 2.47 bits per heavy atom. The third-order valence-electron chi connectivity index (χ3n) is 2.30. The van der Waals surface area contributed by atoms with Crippen LogP contribution in [0.4, 0.5) is 0 Å². The van der Waals surface area contributed by atoms with Crippen molar-refractivity contribution in [3.05, 3.63) is 11.7 Å². The van der Waals surface area contributed by atoms with E-state index in [9.17, 15) is 4.79 Å². The van der Waals surface area contributed by atoms with E-state index in [0.29, 0.717) is 31.3 Å². The topological polar surface area (TPSA) is 71.3 Å². The second-order valence-corrected chi connectivity index (χ2v) is 3.52. The van der Waals surface area contributed by atoms with Crippen LogP contribution >= 0.6 is 0 Å². The van der Waals surface area contributed by atoms with Crippen LogP contribution in [-0.4, -0.2) is 40.6 Å². The average Bonchev–Trinajstić information content (AvgIpc) is 2.65. The minimum atomic E-state index is 0.0523. The average molecular weight is 210 g/mol. The Balaban J connectivity index is 1.93. The van der Waals surface area contributed by atoms with Crippen LogP contribution in [-0.2, 0) is 17.8 Å². The van der Waals surface area contributed by atoms with Gasteiger partial charge in [-0.25, -0.2) is 0 Å². The van der Waals surface area contributed by atoms with Gasteiger partial charge in [-0.05, 0) is 0 Å². The van der Waals surface area contributed by atoms with Crippen LogP contribution in [0.3, 0.4) is 0 Å². The van der Waals surface area contributed by atoms with E-state index in [-0.39, 0.29) is 5.91 Å². The number of piperazine rings is 1. The molecule has 1 aromatic heterocycles. The standard InChI is InChI=1S/C9H14N4O2/c1-2-7-11-9(15-12-7)6-13-4-3-10-8(14)5-13/h2-6H2,1H3,(H,10,14). The van der Waals surface area contributed by atoms with E-state index in [1.807, 2.05) is 11.8 Å². The molecule has 6 heteroatoms. The van der Waals surface area contributed by atoms with E-state index in [1.165, 1.54) is 0 Å². The first kappa shape index (κ1) is 10.1. The molecular weight excluding hydrogens is 196 g/mol. The number of amides is 1. The molecule has 1 aliphatic heterocycles. The monoisotopic (exact) mass is 210 g/mol. The molecule has 0 atom stereocenters. The second kappa shape index (κ2) is 4.39. The molecule has 0 unspecified atom stereocenters. The molecule has 1 amide bonds. The summed E-state index contributed by atoms with van der Waals surface area (Å²) in [6, 6.07) is 0. The highest BCUT2D eigenvalue weighted by Crippen LogP contribution is 2.04. The molecule has 2 heterocycles. The molecule has 0 spiro atoms. The first-order valence-corrected chi connectivity index (χ1v) is 5.08. The predicted molar refractivity (Wildman–Crippen MR) is 52.0 cm³/mol. The molecule has 0 saturated carbocycles. The first-order chi connectivity index (χ1) is 7.28. The van der Waals surface area contributed by atoms with Gasteiger partial charge in [0.15, 0.2) is 5.82 Å². The Hall–Kier alpha value is -1.43. The number of nitrogens with one attached hydrogen (secondary N) is 1. The Labute approximate surface area is 87.6 Å². The molecule has 0 bridgehead atoms. The number of hydrogen-bond acceptors (Lipinski definition) is 5. The molecule has 82 valence electrons. The zero-order valence-corrected chi connectivity index (χ0v) is 8.69. The summed E-state index contributed by atoms with van der Waals surface area (Å²) in [5, 5.41) is 6.57. The SMILES string of the molecule is CCc1noc(CN2CCNC(=O)C2)n1. The summed E-state index contributed by atoms with van der Waals surface area (Å²) in [6.07, 6.45) is 0.768. The van der Waals surface area contributed by atoms with E-state index in [4.69, 9.17) is 4.52 Å². The van der Waals surface area contributed by atoms with Crippen molar-refractivity contribution in [1.82, 2.24) is 20.4 Å². The number of hydrogen-bond donors (Lipinski definition) is 1. The summed E-state index contributed by atoms with van der Waals surface area (Å²) in [5.74, 6) is 1.35. The van der Waals surface area contributed by atoms with Crippen molar-refractivity contribution in [3.8, 4) is 0 Å². The molecule has 6 nitrogen and oxygen atoms in total. The van der Waals surface area contributed by atoms with Crippen molar-refractivity contribution >= 4 is 5.91 Å². The van der Waals surface area contributed by atoms with Gasteiger partial charge in [-0.1, -0.05) is 12.1 Å². The Morgan fingerprint density at radius 1 is 1.60 bits per heavy atom. The van der Waals surface area contributed by atoms with Gasteiger partial charge in [0, 0.05) is 19.5 Å². The summed E-state index contributed by atoms with van der Waals surface area (Å²) in [6.45, 7) is 4.45. The number of carbonyl (C=O) groups excluding carboxylic acids is 1. The highest BCUT2D eigenvalue weighted by atomic mass is 16.5. The Morgan fingerprint density at radius 3 is 3.13 bits per heavy atom. The molecule has 0 aromatic carbocycles. The number of aromatic nitrogens is 2. The lowest BCUT2D eigenvalue weighted by Crippen LogP contribution is -2.47. The van der Waals surface area contributed by atoms with Gasteiger partial charge in [-0.2, -0.15) is 4.98 Å². The van der Waals surface area contributed by atoms with Crippen LogP contribution in [0.15, 0.2) is 4.52 Å². The van der Waals surface area contributed by atoms with Crippen LogP contribution in [0.2, 0.25) is 0 Å². The summed E-state index contributed by atoms with van der Waals surface area (Å²) in [7, 11) is 0. The number of nitrogens with zero attached hydrogens (tertiary/aromatic N) is 3. The van der Waals surface area contributed by atoms with E-state index in [2.05, 4.69) is 15.5 Å². The zero-order chi connectivity index (χ0) is 10.7. The molecule has 1 N–H and O–H groups in total. The fraction of sp³-hybridized carbons (Fsp3) is 0.667. The highest BCUT2D eigenvalue weighted by Gasteiger charge is 2.18. The van der Waals surface area contributed by atoms with Gasteiger partial charge in [0.1, 0.15) is 0 Å². The molecule has 1 aromatic rings. The zero-order valence-electron chi connectivity index (χ0n) is 8.69. The number of aryl methyl sites for hydroxylation is 1. The lowest BCUT2D eigenvalue weighted by Gasteiger charge is -2.24. The van der Waals surface area contributed by atoms with E-state index >= 15 is 0 Å². The van der Waals surface area contributed by atoms with Crippen LogP contribution in [0.25, 0.3) is 0 Å². The van der Waals surface area contributed by atoms with Gasteiger partial charge in [0.25, 0.3) is 0 Å². The Bertz CT molecular complexity index is 350. The predicted octanol–water partition coefficient (Wildman–Crippen LogP) is -0.436. The number of rotatable bonds is 3. The molecule has 0 radical (unpaired) electrons. The minimum absolute atomic E-state index is 0.0523. The van der Waals surface area contributed by atoms with Crippen molar-refractivity contribution < 1.29 is 9.32 Å². The van der Waals surface area contributed by atoms with Crippen molar-refractivity contribution in [2.75, 3.05) is 19.6 Å². The lowest BCUT2D eigenvalue weighted by atomic mass is 10.3. The van der Waals surface area contributed by atoms with Crippen molar-refractivity contribution in [1.29, 1.82) is 0 Å². The van der Waals surface area contributed by atoms with Gasteiger partial charge < -0.3 is 9.84 Å². The summed E-state index contributed by atoms with van der Waals surface area (Å²) < 4.78 is 5.06. The quantitative estimate of drug-likeness (QED) is 0.732. The van der Waals surface area contributed by atoms with Crippen LogP contribution < -0.4 is 5.32 Å². The summed E-state index contributed by atoms with van der Waals surface area (Å²) in [4.78, 5) is 17.3. The summed E-state index contributed by atoms with van der Waals surface area (Å²) in [5.41, 5.74) is 0. The van der Waals surface area contributed by atoms with Gasteiger partial charge in [0.2, 0.25) is 11.8 Å².